The number of hydrogen-bond acceptors (Lipinski definition) is 2. The molecule has 2 aliphatic rings. The van der Waals surface area contributed by atoms with Crippen LogP contribution in [-0.2, 0) is 0 Å². The maximum atomic E-state index is 4.26. The van der Waals surface area contributed by atoms with E-state index in [0.717, 1.165) is 12.8 Å². The highest BCUT2D eigenvalue weighted by Gasteiger charge is 2.34. The van der Waals surface area contributed by atoms with E-state index in [0.29, 0.717) is 22.7 Å². The summed E-state index contributed by atoms with van der Waals surface area (Å²) in [4.78, 5) is 0. The van der Waals surface area contributed by atoms with Crippen LogP contribution in [0.4, 0.5) is 0 Å². The molecule has 2 heteroatoms. The van der Waals surface area contributed by atoms with Gasteiger partial charge in [-0.15, -0.1) is 0 Å². The van der Waals surface area contributed by atoms with Gasteiger partial charge in [0.25, 0.3) is 0 Å². The van der Waals surface area contributed by atoms with Gasteiger partial charge in [0.2, 0.25) is 0 Å². The Labute approximate surface area is 136 Å². The first-order valence-electron chi connectivity index (χ1n) is 8.64. The van der Waals surface area contributed by atoms with Gasteiger partial charge in [-0.25, -0.2) is 0 Å². The predicted octanol–water partition coefficient (Wildman–Crippen LogP) is 5.81. The van der Waals surface area contributed by atoms with Gasteiger partial charge in [0.1, 0.15) is 0 Å². The maximum Gasteiger partial charge on any atom is 0.0273 e. The SMILES string of the molecule is CC1=CC[C@H](C/C=N\N=C/C[C@@H]2CC=C(C)C2(C)C)C1(C)C. The Kier molecular flexibility index (Phi) is 5.09. The summed E-state index contributed by atoms with van der Waals surface area (Å²) in [6.45, 7) is 13.8. The normalized spacial score (nSPS) is 30.3. The molecule has 122 valence electrons. The van der Waals surface area contributed by atoms with Crippen molar-refractivity contribution in [3.05, 3.63) is 23.3 Å². The lowest BCUT2D eigenvalue weighted by Gasteiger charge is -2.28. The molecule has 2 atom stereocenters. The minimum atomic E-state index is 0.312. The van der Waals surface area contributed by atoms with E-state index in [9.17, 15) is 0 Å². The molecule has 2 nitrogen and oxygen atoms in total. The van der Waals surface area contributed by atoms with E-state index in [2.05, 4.69) is 63.9 Å². The monoisotopic (exact) mass is 300 g/mol. The molecule has 0 aliphatic heterocycles. The van der Waals surface area contributed by atoms with Crippen LogP contribution in [0.3, 0.4) is 0 Å². The summed E-state index contributed by atoms with van der Waals surface area (Å²) in [5.41, 5.74) is 3.65. The standard InChI is InChI=1S/C20H32N2/c1-15-7-9-17(19(15,3)4)11-13-21-22-14-12-18-10-8-16(2)20(18,5)6/h7-8,13-14,17-18H,9-12H2,1-6H3/b21-13-,22-14-/t17-,18+. The van der Waals surface area contributed by atoms with Crippen LogP contribution in [0.2, 0.25) is 0 Å². The molecule has 0 amide bonds. The van der Waals surface area contributed by atoms with Crippen molar-refractivity contribution in [3.63, 3.8) is 0 Å². The van der Waals surface area contributed by atoms with Crippen LogP contribution in [0.15, 0.2) is 33.5 Å². The number of allylic oxidation sites excluding steroid dienone is 4. The summed E-state index contributed by atoms with van der Waals surface area (Å²) in [5, 5.41) is 8.51. The molecule has 0 saturated heterocycles. The van der Waals surface area contributed by atoms with Crippen LogP contribution in [-0.4, -0.2) is 12.4 Å². The zero-order chi connectivity index (χ0) is 16.4. The Morgan fingerprint density at radius 2 is 1.23 bits per heavy atom. The second kappa shape index (κ2) is 6.52. The molecule has 0 aromatic carbocycles. The highest BCUT2D eigenvalue weighted by Crippen LogP contribution is 2.45. The summed E-state index contributed by atoms with van der Waals surface area (Å²) >= 11 is 0. The first-order chi connectivity index (χ1) is 10.3. The summed E-state index contributed by atoms with van der Waals surface area (Å²) in [6.07, 6.45) is 13.1. The van der Waals surface area contributed by atoms with Gasteiger partial charge in [-0.05, 0) is 62.2 Å². The Hall–Kier alpha value is -1.18. The van der Waals surface area contributed by atoms with Crippen molar-refractivity contribution < 1.29 is 0 Å². The van der Waals surface area contributed by atoms with Gasteiger partial charge in [-0.1, -0.05) is 51.0 Å². The van der Waals surface area contributed by atoms with Crippen molar-refractivity contribution in [2.24, 2.45) is 32.9 Å². The number of rotatable bonds is 5. The average molecular weight is 300 g/mol. The van der Waals surface area contributed by atoms with E-state index in [4.69, 9.17) is 0 Å². The lowest BCUT2D eigenvalue weighted by atomic mass is 9.76. The van der Waals surface area contributed by atoms with Gasteiger partial charge in [0, 0.05) is 12.4 Å². The van der Waals surface area contributed by atoms with E-state index >= 15 is 0 Å². The Balaban J connectivity index is 1.75. The van der Waals surface area contributed by atoms with Gasteiger partial charge in [-0.2, -0.15) is 10.2 Å². The summed E-state index contributed by atoms with van der Waals surface area (Å²) in [5.74, 6) is 1.35. The van der Waals surface area contributed by atoms with Gasteiger partial charge >= 0.3 is 0 Å². The molecule has 0 unspecified atom stereocenters. The Bertz CT molecular complexity index is 470. The fourth-order valence-corrected chi connectivity index (χ4v) is 3.62. The quantitative estimate of drug-likeness (QED) is 0.348. The largest absolute Gasteiger partial charge is 0.164 e. The maximum absolute atomic E-state index is 4.26. The van der Waals surface area contributed by atoms with E-state index in [1.54, 1.807) is 0 Å². The molecule has 0 N–H and O–H groups in total. The average Bonchev–Trinajstić information content (AvgIpc) is 2.85. The predicted molar refractivity (Wildman–Crippen MR) is 97.5 cm³/mol. The second-order valence-corrected chi connectivity index (χ2v) is 8.15. The van der Waals surface area contributed by atoms with Crippen molar-refractivity contribution in [1.29, 1.82) is 0 Å². The number of nitrogens with zero attached hydrogens (tertiary/aromatic N) is 2. The number of hydrogen-bond donors (Lipinski definition) is 0. The molecular formula is C20H32N2. The van der Waals surface area contributed by atoms with Crippen LogP contribution >= 0.6 is 0 Å². The fraction of sp³-hybridized carbons (Fsp3) is 0.700. The van der Waals surface area contributed by atoms with Crippen molar-refractivity contribution in [1.82, 2.24) is 0 Å². The molecule has 0 saturated carbocycles. The van der Waals surface area contributed by atoms with Crippen molar-refractivity contribution in [3.8, 4) is 0 Å². The van der Waals surface area contributed by atoms with Gasteiger partial charge in [0.05, 0.1) is 0 Å². The summed E-state index contributed by atoms with van der Waals surface area (Å²) in [6, 6.07) is 0. The molecule has 0 bridgehead atoms. The first-order valence-corrected chi connectivity index (χ1v) is 8.64. The van der Waals surface area contributed by atoms with E-state index in [1.165, 1.54) is 24.0 Å². The van der Waals surface area contributed by atoms with Crippen LogP contribution in [0.5, 0.6) is 0 Å². The molecule has 0 radical (unpaired) electrons. The van der Waals surface area contributed by atoms with Gasteiger partial charge < -0.3 is 0 Å². The van der Waals surface area contributed by atoms with Crippen LogP contribution < -0.4 is 0 Å². The molecule has 0 aromatic rings. The Morgan fingerprint density at radius 3 is 1.50 bits per heavy atom. The van der Waals surface area contributed by atoms with Gasteiger partial charge in [0.15, 0.2) is 0 Å². The molecule has 2 rings (SSSR count). The lowest BCUT2D eigenvalue weighted by Crippen LogP contribution is -2.20. The molecule has 0 spiro atoms. The lowest BCUT2D eigenvalue weighted by molar-refractivity contribution is 0.302. The molecule has 0 aromatic heterocycles. The van der Waals surface area contributed by atoms with E-state index in [-0.39, 0.29) is 0 Å². The third kappa shape index (κ3) is 3.42. The van der Waals surface area contributed by atoms with E-state index in [1.807, 2.05) is 12.4 Å². The zero-order valence-corrected chi connectivity index (χ0v) is 15.2. The molecule has 22 heavy (non-hydrogen) atoms. The van der Waals surface area contributed by atoms with Crippen molar-refractivity contribution in [2.45, 2.75) is 67.2 Å². The Morgan fingerprint density at radius 1 is 0.864 bits per heavy atom. The van der Waals surface area contributed by atoms with Crippen molar-refractivity contribution >= 4 is 12.4 Å². The molecule has 0 fully saturated rings. The summed E-state index contributed by atoms with van der Waals surface area (Å²) < 4.78 is 0. The van der Waals surface area contributed by atoms with Crippen LogP contribution in [0.1, 0.15) is 67.2 Å². The summed E-state index contributed by atoms with van der Waals surface area (Å²) in [7, 11) is 0. The smallest absolute Gasteiger partial charge is 0.0273 e. The minimum absolute atomic E-state index is 0.312. The fourth-order valence-electron chi connectivity index (χ4n) is 3.62. The third-order valence-electron chi connectivity index (χ3n) is 6.50. The minimum Gasteiger partial charge on any atom is -0.164 e. The van der Waals surface area contributed by atoms with Crippen LogP contribution in [0, 0.1) is 22.7 Å². The van der Waals surface area contributed by atoms with Gasteiger partial charge in [-0.3, -0.25) is 0 Å². The topological polar surface area (TPSA) is 24.7 Å². The van der Waals surface area contributed by atoms with Crippen molar-refractivity contribution in [2.75, 3.05) is 0 Å². The first kappa shape index (κ1) is 17.2. The molecule has 0 heterocycles. The van der Waals surface area contributed by atoms with Crippen LogP contribution in [0.25, 0.3) is 0 Å². The van der Waals surface area contributed by atoms with E-state index < -0.39 is 0 Å². The highest BCUT2D eigenvalue weighted by atomic mass is 15.2. The highest BCUT2D eigenvalue weighted by molar-refractivity contribution is 5.62. The third-order valence-corrected chi connectivity index (χ3v) is 6.50. The molecular weight excluding hydrogens is 268 g/mol. The molecule has 2 aliphatic carbocycles. The zero-order valence-electron chi connectivity index (χ0n) is 15.2. The second-order valence-electron chi connectivity index (χ2n) is 8.15.